The lowest BCUT2D eigenvalue weighted by Gasteiger charge is -2.28. The number of aryl methyl sites for hydroxylation is 1. The maximum Gasteiger partial charge on any atom is 0.265 e. The number of rotatable bonds is 4. The van der Waals surface area contributed by atoms with Crippen molar-refractivity contribution in [2.45, 2.75) is 11.8 Å². The largest absolute Gasteiger partial charge is 0.482 e. The van der Waals surface area contributed by atoms with Gasteiger partial charge in [0.1, 0.15) is 12.3 Å². The molecule has 0 aliphatic carbocycles. The summed E-state index contributed by atoms with van der Waals surface area (Å²) in [5.41, 5.74) is 1.21. The molecule has 2 aromatic carbocycles. The summed E-state index contributed by atoms with van der Waals surface area (Å²) >= 11 is 5.94. The standard InChI is InChI=1S/C17H15ClN2O5S/c1-11-2-5-13(6-3-11)26(23,24)19-16(21)9-20-14-8-12(18)4-7-15(14)25-10-17(20)22/h2-8H,9-10H2,1H3,(H,19,21). The average Bonchev–Trinajstić information content (AvgIpc) is 2.57. The van der Waals surface area contributed by atoms with Crippen LogP contribution in [0.3, 0.4) is 0 Å². The molecule has 0 fully saturated rings. The molecule has 0 radical (unpaired) electrons. The number of nitrogens with one attached hydrogen (secondary N) is 1. The van der Waals surface area contributed by atoms with Crippen molar-refractivity contribution in [3.63, 3.8) is 0 Å². The summed E-state index contributed by atoms with van der Waals surface area (Å²) in [4.78, 5) is 25.5. The van der Waals surface area contributed by atoms with E-state index < -0.39 is 28.4 Å². The molecule has 7 nitrogen and oxygen atoms in total. The fourth-order valence-corrected chi connectivity index (χ4v) is 3.59. The number of hydrogen-bond acceptors (Lipinski definition) is 5. The average molecular weight is 395 g/mol. The van der Waals surface area contributed by atoms with Crippen LogP contribution in [0.25, 0.3) is 0 Å². The number of fused-ring (bicyclic) bond motifs is 1. The molecule has 0 bridgehead atoms. The number of hydrogen-bond donors (Lipinski definition) is 1. The summed E-state index contributed by atoms with van der Waals surface area (Å²) < 4.78 is 31.8. The molecule has 1 aliphatic heterocycles. The second-order valence-electron chi connectivity index (χ2n) is 5.72. The van der Waals surface area contributed by atoms with Gasteiger partial charge in [0.05, 0.1) is 10.6 Å². The molecule has 0 saturated heterocycles. The molecule has 9 heteroatoms. The van der Waals surface area contributed by atoms with E-state index in [1.54, 1.807) is 24.3 Å². The van der Waals surface area contributed by atoms with Crippen molar-refractivity contribution >= 4 is 39.1 Å². The van der Waals surface area contributed by atoms with E-state index in [0.717, 1.165) is 10.5 Å². The molecule has 0 saturated carbocycles. The van der Waals surface area contributed by atoms with Gasteiger partial charge in [-0.15, -0.1) is 0 Å². The first-order valence-electron chi connectivity index (χ1n) is 7.61. The molecule has 2 amide bonds. The van der Waals surface area contributed by atoms with Crippen molar-refractivity contribution in [1.82, 2.24) is 4.72 Å². The maximum absolute atomic E-state index is 12.3. The highest BCUT2D eigenvalue weighted by molar-refractivity contribution is 7.90. The Morgan fingerprint density at radius 2 is 1.92 bits per heavy atom. The van der Waals surface area contributed by atoms with E-state index in [1.165, 1.54) is 18.2 Å². The number of nitrogens with zero attached hydrogens (tertiary/aromatic N) is 1. The molecule has 26 heavy (non-hydrogen) atoms. The number of carbonyl (C=O) groups is 2. The lowest BCUT2D eigenvalue weighted by Crippen LogP contribution is -2.46. The highest BCUT2D eigenvalue weighted by atomic mass is 35.5. The molecule has 0 aromatic heterocycles. The van der Waals surface area contributed by atoms with Crippen LogP contribution in [0.15, 0.2) is 47.4 Å². The number of sulfonamides is 1. The summed E-state index contributed by atoms with van der Waals surface area (Å²) in [7, 11) is -4.02. The summed E-state index contributed by atoms with van der Waals surface area (Å²) in [6, 6.07) is 10.7. The minimum atomic E-state index is -4.02. The molecule has 1 aliphatic rings. The predicted octanol–water partition coefficient (Wildman–Crippen LogP) is 1.88. The molecule has 0 unspecified atom stereocenters. The summed E-state index contributed by atoms with van der Waals surface area (Å²) in [5, 5.41) is 0.361. The topological polar surface area (TPSA) is 92.8 Å². The van der Waals surface area contributed by atoms with Crippen LogP contribution in [0.4, 0.5) is 5.69 Å². The Kier molecular flexibility index (Phi) is 4.88. The van der Waals surface area contributed by atoms with Crippen LogP contribution in [-0.2, 0) is 19.6 Å². The number of anilines is 1. The van der Waals surface area contributed by atoms with Gasteiger partial charge in [0.25, 0.3) is 21.8 Å². The molecule has 0 atom stereocenters. The van der Waals surface area contributed by atoms with Crippen LogP contribution in [0.2, 0.25) is 5.02 Å². The smallest absolute Gasteiger partial charge is 0.265 e. The Morgan fingerprint density at radius 1 is 1.23 bits per heavy atom. The van der Waals surface area contributed by atoms with Gasteiger partial charge in [0.15, 0.2) is 6.61 Å². The predicted molar refractivity (Wildman–Crippen MR) is 95.8 cm³/mol. The van der Waals surface area contributed by atoms with Gasteiger partial charge in [-0.2, -0.15) is 0 Å². The molecule has 1 heterocycles. The van der Waals surface area contributed by atoms with Crippen LogP contribution >= 0.6 is 11.6 Å². The van der Waals surface area contributed by atoms with Gasteiger partial charge < -0.3 is 4.74 Å². The van der Waals surface area contributed by atoms with Crippen LogP contribution < -0.4 is 14.4 Å². The Bertz CT molecular complexity index is 973. The second kappa shape index (κ2) is 6.97. The van der Waals surface area contributed by atoms with E-state index >= 15 is 0 Å². The monoisotopic (exact) mass is 394 g/mol. The number of carbonyl (C=O) groups excluding carboxylic acids is 2. The second-order valence-corrected chi connectivity index (χ2v) is 7.84. The molecular weight excluding hydrogens is 380 g/mol. The van der Waals surface area contributed by atoms with Crippen molar-refractivity contribution in [2.75, 3.05) is 18.1 Å². The third-order valence-electron chi connectivity index (χ3n) is 3.75. The van der Waals surface area contributed by atoms with Crippen molar-refractivity contribution in [2.24, 2.45) is 0 Å². The Morgan fingerprint density at radius 3 is 2.62 bits per heavy atom. The highest BCUT2D eigenvalue weighted by Crippen LogP contribution is 2.34. The number of ether oxygens (including phenoxy) is 1. The van der Waals surface area contributed by atoms with Crippen LogP contribution in [0.1, 0.15) is 5.56 Å². The first-order valence-corrected chi connectivity index (χ1v) is 9.47. The third kappa shape index (κ3) is 3.81. The summed E-state index contributed by atoms with van der Waals surface area (Å²) in [6.45, 7) is 1.11. The van der Waals surface area contributed by atoms with Crippen molar-refractivity contribution in [3.05, 3.63) is 53.1 Å². The zero-order valence-corrected chi connectivity index (χ0v) is 15.3. The Labute approximate surface area is 155 Å². The van der Waals surface area contributed by atoms with Crippen molar-refractivity contribution in [1.29, 1.82) is 0 Å². The quantitative estimate of drug-likeness (QED) is 0.854. The maximum atomic E-state index is 12.3. The van der Waals surface area contributed by atoms with Gasteiger partial charge >= 0.3 is 0 Å². The molecular formula is C17H15ClN2O5S. The fourth-order valence-electron chi connectivity index (χ4n) is 2.45. The van der Waals surface area contributed by atoms with Gasteiger partial charge in [-0.05, 0) is 37.3 Å². The molecule has 3 rings (SSSR count). The summed E-state index contributed by atoms with van der Waals surface area (Å²) in [5.74, 6) is -0.919. The van der Waals surface area contributed by atoms with E-state index in [-0.39, 0.29) is 11.5 Å². The van der Waals surface area contributed by atoms with E-state index in [1.807, 2.05) is 11.6 Å². The van der Waals surface area contributed by atoms with Gasteiger partial charge in [0.2, 0.25) is 0 Å². The zero-order valence-electron chi connectivity index (χ0n) is 13.7. The van der Waals surface area contributed by atoms with E-state index in [0.29, 0.717) is 16.5 Å². The first-order chi connectivity index (χ1) is 12.3. The van der Waals surface area contributed by atoms with E-state index in [4.69, 9.17) is 16.3 Å². The summed E-state index contributed by atoms with van der Waals surface area (Å²) in [6.07, 6.45) is 0. The number of benzene rings is 2. The van der Waals surface area contributed by atoms with Crippen molar-refractivity contribution < 1.29 is 22.7 Å². The molecule has 0 spiro atoms. The lowest BCUT2D eigenvalue weighted by molar-refractivity contribution is -0.124. The van der Waals surface area contributed by atoms with Gasteiger partial charge in [-0.25, -0.2) is 13.1 Å². The van der Waals surface area contributed by atoms with Crippen LogP contribution in [0.5, 0.6) is 5.75 Å². The van der Waals surface area contributed by atoms with Gasteiger partial charge in [-0.1, -0.05) is 29.3 Å². The van der Waals surface area contributed by atoms with Crippen LogP contribution in [-0.4, -0.2) is 33.4 Å². The zero-order chi connectivity index (χ0) is 18.9. The van der Waals surface area contributed by atoms with E-state index in [9.17, 15) is 18.0 Å². The third-order valence-corrected chi connectivity index (χ3v) is 5.37. The van der Waals surface area contributed by atoms with Gasteiger partial charge in [-0.3, -0.25) is 14.5 Å². The first kappa shape index (κ1) is 18.2. The van der Waals surface area contributed by atoms with Crippen LogP contribution in [0, 0.1) is 6.92 Å². The Hall–Kier alpha value is -2.58. The number of halogens is 1. The lowest BCUT2D eigenvalue weighted by atomic mass is 10.2. The SMILES string of the molecule is Cc1ccc(S(=O)(=O)NC(=O)CN2C(=O)COc3ccc(Cl)cc32)cc1. The minimum absolute atomic E-state index is 0.0341. The minimum Gasteiger partial charge on any atom is -0.482 e. The van der Waals surface area contributed by atoms with Crippen molar-refractivity contribution in [3.8, 4) is 5.75 Å². The fraction of sp³-hybridized carbons (Fsp3) is 0.176. The highest BCUT2D eigenvalue weighted by Gasteiger charge is 2.29. The van der Waals surface area contributed by atoms with E-state index in [2.05, 4.69) is 0 Å². The normalized spacial score (nSPS) is 13.8. The molecule has 2 aromatic rings. The number of amides is 2. The molecule has 1 N–H and O–H groups in total. The van der Waals surface area contributed by atoms with Gasteiger partial charge in [0, 0.05) is 5.02 Å². The molecule has 136 valence electrons. The Balaban J connectivity index is 1.79.